The fourth-order valence-corrected chi connectivity index (χ4v) is 4.52. The van der Waals surface area contributed by atoms with Gasteiger partial charge in [-0.05, 0) is 55.9 Å². The van der Waals surface area contributed by atoms with Gasteiger partial charge in [0.25, 0.3) is 11.6 Å². The van der Waals surface area contributed by atoms with Crippen LogP contribution in [0.1, 0.15) is 21.5 Å². The summed E-state index contributed by atoms with van der Waals surface area (Å²) in [5.74, 6) is -0.523. The lowest BCUT2D eigenvalue weighted by molar-refractivity contribution is -0.385. The number of amides is 1. The molecule has 32 heavy (non-hydrogen) atoms. The average molecular weight is 463 g/mol. The van der Waals surface area contributed by atoms with E-state index in [0.29, 0.717) is 5.56 Å². The molecule has 3 aromatic carbocycles. The van der Waals surface area contributed by atoms with Crippen LogP contribution in [0.2, 0.25) is 0 Å². The third-order valence-corrected chi connectivity index (χ3v) is 6.28. The molecule has 0 radical (unpaired) electrons. The number of aromatic nitrogens is 1. The number of rotatable bonds is 4. The Hall–Kier alpha value is -3.69. The summed E-state index contributed by atoms with van der Waals surface area (Å²) in [6.45, 7) is 3.57. The van der Waals surface area contributed by atoms with Crippen molar-refractivity contribution in [1.82, 2.24) is 10.3 Å². The van der Waals surface area contributed by atoms with Crippen molar-refractivity contribution in [1.29, 1.82) is 0 Å². The topological polar surface area (TPSA) is 97.2 Å². The molecule has 7 nitrogen and oxygen atoms in total. The highest BCUT2D eigenvalue weighted by Gasteiger charge is 2.17. The molecule has 2 N–H and O–H groups in total. The molecule has 0 aliphatic carbocycles. The number of nitro benzene ring substituents is 1. The number of nitro groups is 1. The molecule has 0 aliphatic heterocycles. The van der Waals surface area contributed by atoms with E-state index in [2.05, 4.69) is 10.6 Å². The molecule has 0 atom stereocenters. The summed E-state index contributed by atoms with van der Waals surface area (Å²) in [5, 5.41) is 17.8. The summed E-state index contributed by atoms with van der Waals surface area (Å²) in [6.07, 6.45) is 0. The molecule has 1 aromatic heterocycles. The van der Waals surface area contributed by atoms with Gasteiger partial charge in [0, 0.05) is 28.4 Å². The van der Waals surface area contributed by atoms with E-state index in [0.717, 1.165) is 32.0 Å². The van der Waals surface area contributed by atoms with Crippen LogP contribution in [0.15, 0.2) is 60.7 Å². The fraction of sp³-hybridized carbons (Fsp3) is 0.0870. The number of benzene rings is 3. The second-order valence-corrected chi connectivity index (χ2v) is 8.57. The van der Waals surface area contributed by atoms with Crippen molar-refractivity contribution in [2.45, 2.75) is 13.8 Å². The van der Waals surface area contributed by atoms with E-state index in [9.17, 15) is 14.9 Å². The first-order chi connectivity index (χ1) is 15.3. The van der Waals surface area contributed by atoms with E-state index in [1.807, 2.05) is 49.4 Å². The van der Waals surface area contributed by atoms with Gasteiger partial charge in [-0.2, -0.15) is 0 Å². The van der Waals surface area contributed by atoms with Crippen LogP contribution in [-0.2, 0) is 0 Å². The Kier molecular flexibility index (Phi) is 5.93. The van der Waals surface area contributed by atoms with Crippen LogP contribution < -0.4 is 10.6 Å². The van der Waals surface area contributed by atoms with Gasteiger partial charge in [-0.1, -0.05) is 30.3 Å². The largest absolute Gasteiger partial charge is 0.332 e. The minimum Gasteiger partial charge on any atom is -0.332 e. The third-order valence-electron chi connectivity index (χ3n) is 5.00. The molecular formula is C23H18N4O3S2. The molecule has 0 unspecified atom stereocenters. The molecular weight excluding hydrogens is 444 g/mol. The Bertz CT molecular complexity index is 1350. The first kappa shape index (κ1) is 21.5. The Morgan fingerprint density at radius 1 is 1.09 bits per heavy atom. The minimum absolute atomic E-state index is 0.0998. The van der Waals surface area contributed by atoms with Crippen molar-refractivity contribution in [3.05, 3.63) is 87.5 Å². The normalized spacial score (nSPS) is 10.7. The molecule has 0 saturated carbocycles. The number of nitrogens with zero attached hydrogens (tertiary/aromatic N) is 2. The van der Waals surface area contributed by atoms with Crippen molar-refractivity contribution < 1.29 is 9.72 Å². The lowest BCUT2D eigenvalue weighted by Gasteiger charge is -2.14. The van der Waals surface area contributed by atoms with Gasteiger partial charge in [0.2, 0.25) is 0 Å². The van der Waals surface area contributed by atoms with Gasteiger partial charge in [0.15, 0.2) is 5.11 Å². The number of hydrogen-bond donors (Lipinski definition) is 2. The molecule has 0 spiro atoms. The van der Waals surface area contributed by atoms with Gasteiger partial charge in [-0.25, -0.2) is 4.98 Å². The van der Waals surface area contributed by atoms with Gasteiger partial charge in [-0.15, -0.1) is 11.3 Å². The van der Waals surface area contributed by atoms with Crippen molar-refractivity contribution in [2.24, 2.45) is 0 Å². The van der Waals surface area contributed by atoms with E-state index in [1.165, 1.54) is 18.2 Å². The first-order valence-electron chi connectivity index (χ1n) is 9.66. The Labute approximate surface area is 193 Å². The number of nitrogens with one attached hydrogen (secondary N) is 2. The van der Waals surface area contributed by atoms with Crippen LogP contribution in [-0.4, -0.2) is 20.9 Å². The van der Waals surface area contributed by atoms with E-state index < -0.39 is 10.8 Å². The zero-order chi connectivity index (χ0) is 22.8. The number of para-hydroxylation sites is 1. The molecule has 0 saturated heterocycles. The lowest BCUT2D eigenvalue weighted by atomic mass is 10.1. The summed E-state index contributed by atoms with van der Waals surface area (Å²) in [4.78, 5) is 27.9. The Morgan fingerprint density at radius 2 is 1.88 bits per heavy atom. The predicted molar refractivity (Wildman–Crippen MR) is 131 cm³/mol. The van der Waals surface area contributed by atoms with E-state index >= 15 is 0 Å². The van der Waals surface area contributed by atoms with E-state index in [4.69, 9.17) is 17.2 Å². The molecule has 4 rings (SSSR count). The zero-order valence-corrected chi connectivity index (χ0v) is 18.8. The SMILES string of the molecule is Cc1ccc(C(=O)NC(=S)Nc2cccc(-c3nc4ccccc4s3)c2C)cc1[N+](=O)[O-]. The van der Waals surface area contributed by atoms with Gasteiger partial charge in [0.05, 0.1) is 15.1 Å². The molecule has 0 fully saturated rings. The highest BCUT2D eigenvalue weighted by Crippen LogP contribution is 2.34. The highest BCUT2D eigenvalue weighted by atomic mass is 32.1. The summed E-state index contributed by atoms with van der Waals surface area (Å²) >= 11 is 6.91. The predicted octanol–water partition coefficient (Wildman–Crippen LogP) is 5.62. The number of carbonyl (C=O) groups is 1. The number of thiocarbonyl (C=S) groups is 1. The maximum absolute atomic E-state index is 12.5. The summed E-state index contributed by atoms with van der Waals surface area (Å²) < 4.78 is 1.11. The van der Waals surface area contributed by atoms with Gasteiger partial charge in [-0.3, -0.25) is 20.2 Å². The maximum atomic E-state index is 12.5. The molecule has 1 amide bonds. The average Bonchev–Trinajstić information content (AvgIpc) is 3.19. The van der Waals surface area contributed by atoms with Crippen molar-refractivity contribution in [2.75, 3.05) is 5.32 Å². The number of fused-ring (bicyclic) bond motifs is 1. The quantitative estimate of drug-likeness (QED) is 0.232. The lowest BCUT2D eigenvalue weighted by Crippen LogP contribution is -2.34. The monoisotopic (exact) mass is 462 g/mol. The first-order valence-corrected chi connectivity index (χ1v) is 10.9. The van der Waals surface area contributed by atoms with Crippen LogP contribution in [0.5, 0.6) is 0 Å². The van der Waals surface area contributed by atoms with Crippen LogP contribution in [0.25, 0.3) is 20.8 Å². The van der Waals surface area contributed by atoms with Gasteiger partial charge >= 0.3 is 0 Å². The molecule has 160 valence electrons. The summed E-state index contributed by atoms with van der Waals surface area (Å²) in [5.41, 5.74) is 4.12. The van der Waals surface area contributed by atoms with E-state index in [-0.39, 0.29) is 16.4 Å². The van der Waals surface area contributed by atoms with Crippen molar-refractivity contribution in [3.8, 4) is 10.6 Å². The minimum atomic E-state index is -0.523. The van der Waals surface area contributed by atoms with Crippen molar-refractivity contribution >= 4 is 56.2 Å². The van der Waals surface area contributed by atoms with Crippen LogP contribution in [0, 0.1) is 24.0 Å². The number of thiazole rings is 1. The second-order valence-electron chi connectivity index (χ2n) is 7.13. The number of carbonyl (C=O) groups excluding carboxylic acids is 1. The van der Waals surface area contributed by atoms with Gasteiger partial charge < -0.3 is 5.32 Å². The molecule has 9 heteroatoms. The third kappa shape index (κ3) is 4.34. The van der Waals surface area contributed by atoms with Crippen LogP contribution >= 0.6 is 23.6 Å². The maximum Gasteiger partial charge on any atom is 0.273 e. The Morgan fingerprint density at radius 3 is 2.62 bits per heavy atom. The van der Waals surface area contributed by atoms with Crippen LogP contribution in [0.4, 0.5) is 11.4 Å². The smallest absolute Gasteiger partial charge is 0.273 e. The molecule has 0 bridgehead atoms. The molecule has 4 aromatic rings. The highest BCUT2D eigenvalue weighted by molar-refractivity contribution is 7.80. The Balaban J connectivity index is 1.52. The summed E-state index contributed by atoms with van der Waals surface area (Å²) in [7, 11) is 0. The van der Waals surface area contributed by atoms with Crippen molar-refractivity contribution in [3.63, 3.8) is 0 Å². The number of aryl methyl sites for hydroxylation is 1. The van der Waals surface area contributed by atoms with Crippen LogP contribution in [0.3, 0.4) is 0 Å². The fourth-order valence-electron chi connectivity index (χ4n) is 3.27. The zero-order valence-electron chi connectivity index (χ0n) is 17.2. The molecule has 1 heterocycles. The number of anilines is 1. The second kappa shape index (κ2) is 8.81. The van der Waals surface area contributed by atoms with Gasteiger partial charge in [0.1, 0.15) is 5.01 Å². The summed E-state index contributed by atoms with van der Waals surface area (Å²) in [6, 6.07) is 18.0. The van der Waals surface area contributed by atoms with E-state index in [1.54, 1.807) is 18.3 Å². The number of hydrogen-bond acceptors (Lipinski definition) is 6. The standard InChI is InChI=1S/C23H18N4O3S2/c1-13-10-11-15(12-19(13)27(29)30)21(28)26-23(31)25-17-8-5-6-16(14(17)2)22-24-18-7-3-4-9-20(18)32-22/h3-12H,1-2H3,(H2,25,26,28,31). The molecule has 0 aliphatic rings.